The van der Waals surface area contributed by atoms with Crippen molar-refractivity contribution in [2.45, 2.75) is 45.2 Å². The summed E-state index contributed by atoms with van der Waals surface area (Å²) in [7, 11) is 1.86. The van der Waals surface area contributed by atoms with Crippen LogP contribution in [0, 0.1) is 0 Å². The molecule has 1 heterocycles. The fourth-order valence-corrected chi connectivity index (χ4v) is 1.92. The van der Waals surface area contributed by atoms with Crippen LogP contribution in [0.15, 0.2) is 0 Å². The number of hydrogen-bond donors (Lipinski definition) is 1. The summed E-state index contributed by atoms with van der Waals surface area (Å²) in [6.45, 7) is 5.49. The number of rotatable bonds is 2. The SMILES string of the molecule is CC(C)N(C)C(=O)N1CCCCC1CN. The number of amides is 2. The first-order chi connectivity index (χ1) is 7.07. The first-order valence-electron chi connectivity index (χ1n) is 5.81. The summed E-state index contributed by atoms with van der Waals surface area (Å²) in [5.74, 6) is 0. The van der Waals surface area contributed by atoms with E-state index in [9.17, 15) is 4.79 Å². The monoisotopic (exact) mass is 213 g/mol. The Morgan fingerprint density at radius 1 is 1.53 bits per heavy atom. The summed E-state index contributed by atoms with van der Waals surface area (Å²) in [5, 5.41) is 0. The molecule has 1 aliphatic heterocycles. The molecule has 4 heteroatoms. The van der Waals surface area contributed by atoms with E-state index in [0.29, 0.717) is 6.54 Å². The van der Waals surface area contributed by atoms with E-state index in [0.717, 1.165) is 19.4 Å². The fourth-order valence-electron chi connectivity index (χ4n) is 1.92. The first kappa shape index (κ1) is 12.3. The maximum atomic E-state index is 12.1. The molecule has 0 aromatic carbocycles. The number of hydrogen-bond acceptors (Lipinski definition) is 2. The number of likely N-dealkylation sites (tertiary alicyclic amines) is 1. The van der Waals surface area contributed by atoms with Crippen molar-refractivity contribution in [2.75, 3.05) is 20.1 Å². The second-order valence-corrected chi connectivity index (χ2v) is 4.57. The van der Waals surface area contributed by atoms with Crippen LogP contribution in [0.3, 0.4) is 0 Å². The average Bonchev–Trinajstić information content (AvgIpc) is 2.26. The van der Waals surface area contributed by atoms with Gasteiger partial charge in [-0.1, -0.05) is 0 Å². The van der Waals surface area contributed by atoms with Crippen LogP contribution in [0.25, 0.3) is 0 Å². The minimum absolute atomic E-state index is 0.125. The lowest BCUT2D eigenvalue weighted by Gasteiger charge is -2.38. The van der Waals surface area contributed by atoms with Crippen LogP contribution in [0.2, 0.25) is 0 Å². The van der Waals surface area contributed by atoms with Crippen molar-refractivity contribution in [1.29, 1.82) is 0 Å². The van der Waals surface area contributed by atoms with E-state index in [2.05, 4.69) is 0 Å². The summed E-state index contributed by atoms with van der Waals surface area (Å²) in [5.41, 5.74) is 5.70. The normalized spacial score (nSPS) is 21.9. The Kier molecular flexibility index (Phi) is 4.39. The highest BCUT2D eigenvalue weighted by atomic mass is 16.2. The Morgan fingerprint density at radius 2 is 2.20 bits per heavy atom. The Labute approximate surface area is 92.4 Å². The molecular weight excluding hydrogens is 190 g/mol. The van der Waals surface area contributed by atoms with Gasteiger partial charge in [-0.15, -0.1) is 0 Å². The standard InChI is InChI=1S/C11H23N3O/c1-9(2)13(3)11(15)14-7-5-4-6-10(14)8-12/h9-10H,4-8,12H2,1-3H3. The van der Waals surface area contributed by atoms with Gasteiger partial charge in [0.15, 0.2) is 0 Å². The van der Waals surface area contributed by atoms with Gasteiger partial charge in [0.1, 0.15) is 0 Å². The lowest BCUT2D eigenvalue weighted by atomic mass is 10.0. The van der Waals surface area contributed by atoms with Crippen molar-refractivity contribution in [2.24, 2.45) is 5.73 Å². The van der Waals surface area contributed by atoms with Gasteiger partial charge in [0.05, 0.1) is 0 Å². The molecule has 0 radical (unpaired) electrons. The van der Waals surface area contributed by atoms with E-state index < -0.39 is 0 Å². The minimum Gasteiger partial charge on any atom is -0.328 e. The second-order valence-electron chi connectivity index (χ2n) is 4.57. The first-order valence-corrected chi connectivity index (χ1v) is 5.81. The van der Waals surface area contributed by atoms with E-state index in [1.807, 2.05) is 25.8 Å². The average molecular weight is 213 g/mol. The van der Waals surface area contributed by atoms with E-state index in [1.54, 1.807) is 4.90 Å². The Hall–Kier alpha value is -0.770. The van der Waals surface area contributed by atoms with Crippen LogP contribution in [-0.4, -0.2) is 48.1 Å². The van der Waals surface area contributed by atoms with Crippen molar-refractivity contribution >= 4 is 6.03 Å². The molecule has 1 unspecified atom stereocenters. The summed E-state index contributed by atoms with van der Waals surface area (Å²) in [6, 6.07) is 0.616. The molecule has 0 spiro atoms. The molecule has 1 aliphatic rings. The highest BCUT2D eigenvalue weighted by Gasteiger charge is 2.28. The number of nitrogens with zero attached hydrogens (tertiary/aromatic N) is 2. The molecule has 2 N–H and O–H groups in total. The van der Waals surface area contributed by atoms with Gasteiger partial charge in [-0.3, -0.25) is 0 Å². The summed E-state index contributed by atoms with van der Waals surface area (Å²) in [6.07, 6.45) is 3.35. The largest absolute Gasteiger partial charge is 0.328 e. The van der Waals surface area contributed by atoms with E-state index in [-0.39, 0.29) is 18.1 Å². The van der Waals surface area contributed by atoms with Crippen LogP contribution < -0.4 is 5.73 Å². The number of nitrogens with two attached hydrogens (primary N) is 1. The fraction of sp³-hybridized carbons (Fsp3) is 0.909. The smallest absolute Gasteiger partial charge is 0.320 e. The number of urea groups is 1. The Balaban J connectivity index is 2.63. The molecule has 2 amide bonds. The zero-order valence-corrected chi connectivity index (χ0v) is 10.1. The molecule has 1 rings (SSSR count). The van der Waals surface area contributed by atoms with E-state index >= 15 is 0 Å². The predicted octanol–water partition coefficient (Wildman–Crippen LogP) is 1.26. The summed E-state index contributed by atoms with van der Waals surface area (Å²) in [4.78, 5) is 15.8. The van der Waals surface area contributed by atoms with Crippen molar-refractivity contribution in [3.63, 3.8) is 0 Å². The Morgan fingerprint density at radius 3 is 2.73 bits per heavy atom. The van der Waals surface area contributed by atoms with Crippen LogP contribution in [0.1, 0.15) is 33.1 Å². The van der Waals surface area contributed by atoms with E-state index in [1.165, 1.54) is 6.42 Å². The lowest BCUT2D eigenvalue weighted by molar-refractivity contribution is 0.117. The molecule has 1 fully saturated rings. The summed E-state index contributed by atoms with van der Waals surface area (Å²) >= 11 is 0. The third-order valence-electron chi connectivity index (χ3n) is 3.22. The Bertz CT molecular complexity index is 218. The van der Waals surface area contributed by atoms with Gasteiger partial charge in [0.2, 0.25) is 0 Å². The van der Waals surface area contributed by atoms with Crippen LogP contribution in [0.5, 0.6) is 0 Å². The number of carbonyl (C=O) groups is 1. The molecule has 4 nitrogen and oxygen atoms in total. The van der Waals surface area contributed by atoms with E-state index in [4.69, 9.17) is 5.73 Å². The molecule has 88 valence electrons. The van der Waals surface area contributed by atoms with Crippen molar-refractivity contribution < 1.29 is 4.79 Å². The lowest BCUT2D eigenvalue weighted by Crippen LogP contribution is -2.53. The van der Waals surface area contributed by atoms with Gasteiger partial charge >= 0.3 is 6.03 Å². The molecule has 0 aliphatic carbocycles. The van der Waals surface area contributed by atoms with Gasteiger partial charge in [0, 0.05) is 32.2 Å². The summed E-state index contributed by atoms with van der Waals surface area (Å²) < 4.78 is 0. The highest BCUT2D eigenvalue weighted by Crippen LogP contribution is 2.18. The third kappa shape index (κ3) is 2.84. The highest BCUT2D eigenvalue weighted by molar-refractivity contribution is 5.75. The topological polar surface area (TPSA) is 49.6 Å². The van der Waals surface area contributed by atoms with Gasteiger partial charge in [-0.2, -0.15) is 0 Å². The molecule has 0 aromatic rings. The van der Waals surface area contributed by atoms with Gasteiger partial charge < -0.3 is 15.5 Å². The third-order valence-corrected chi connectivity index (χ3v) is 3.22. The molecule has 15 heavy (non-hydrogen) atoms. The quantitative estimate of drug-likeness (QED) is 0.750. The molecular formula is C11H23N3O. The number of piperidine rings is 1. The molecule has 0 bridgehead atoms. The van der Waals surface area contributed by atoms with Crippen molar-refractivity contribution in [3.8, 4) is 0 Å². The van der Waals surface area contributed by atoms with Crippen molar-refractivity contribution in [1.82, 2.24) is 9.80 Å². The van der Waals surface area contributed by atoms with Crippen LogP contribution >= 0.6 is 0 Å². The maximum absolute atomic E-state index is 12.1. The second kappa shape index (κ2) is 5.35. The van der Waals surface area contributed by atoms with Gasteiger partial charge in [-0.05, 0) is 33.1 Å². The molecule has 0 saturated carbocycles. The number of carbonyl (C=O) groups excluding carboxylic acids is 1. The minimum atomic E-state index is 0.125. The zero-order chi connectivity index (χ0) is 11.4. The maximum Gasteiger partial charge on any atom is 0.320 e. The van der Waals surface area contributed by atoms with Crippen molar-refractivity contribution in [3.05, 3.63) is 0 Å². The predicted molar refractivity (Wildman–Crippen MR) is 61.7 cm³/mol. The zero-order valence-electron chi connectivity index (χ0n) is 10.1. The van der Waals surface area contributed by atoms with Gasteiger partial charge in [0.25, 0.3) is 0 Å². The van der Waals surface area contributed by atoms with Gasteiger partial charge in [-0.25, -0.2) is 4.79 Å². The van der Waals surface area contributed by atoms with Crippen LogP contribution in [-0.2, 0) is 0 Å². The van der Waals surface area contributed by atoms with Crippen LogP contribution in [0.4, 0.5) is 4.79 Å². The molecule has 0 aromatic heterocycles. The molecule has 1 atom stereocenters. The molecule has 1 saturated heterocycles.